The quantitative estimate of drug-likeness (QED) is 0.366. The van der Waals surface area contributed by atoms with Crippen LogP contribution in [0.3, 0.4) is 0 Å². The number of benzene rings is 2. The molecule has 5 rings (SSSR count). The summed E-state index contributed by atoms with van der Waals surface area (Å²) in [5, 5.41) is 1.49. The molecule has 0 aliphatic heterocycles. The summed E-state index contributed by atoms with van der Waals surface area (Å²) in [5.41, 5.74) is 8.70. The highest BCUT2D eigenvalue weighted by molar-refractivity contribution is 7.99. The molecule has 1 unspecified atom stereocenters. The molecule has 1 atom stereocenters. The van der Waals surface area contributed by atoms with Gasteiger partial charge in [0.1, 0.15) is 17.8 Å². The van der Waals surface area contributed by atoms with Crippen molar-refractivity contribution in [1.29, 1.82) is 0 Å². The van der Waals surface area contributed by atoms with E-state index in [0.717, 1.165) is 40.0 Å². The first-order chi connectivity index (χ1) is 16.1. The molecule has 170 valence electrons. The van der Waals surface area contributed by atoms with Crippen LogP contribution in [0.1, 0.15) is 30.9 Å². The summed E-state index contributed by atoms with van der Waals surface area (Å²) in [4.78, 5) is 14.6. The molecule has 2 aromatic heterocycles. The van der Waals surface area contributed by atoms with E-state index in [-0.39, 0.29) is 6.04 Å². The Morgan fingerprint density at radius 1 is 1.09 bits per heavy atom. The molecular formula is C24H24ClN5O2S. The van der Waals surface area contributed by atoms with E-state index in [4.69, 9.17) is 31.8 Å². The van der Waals surface area contributed by atoms with Crippen LogP contribution in [0.5, 0.6) is 11.5 Å². The molecule has 33 heavy (non-hydrogen) atoms. The second kappa shape index (κ2) is 9.11. The number of hydrogen-bond acceptors (Lipinski definition) is 7. The third kappa shape index (κ3) is 4.09. The Hall–Kier alpha value is -2.97. The predicted molar refractivity (Wildman–Crippen MR) is 130 cm³/mol. The molecule has 0 saturated heterocycles. The second-order valence-electron chi connectivity index (χ2n) is 8.00. The predicted octanol–water partition coefficient (Wildman–Crippen LogP) is 5.62. The number of nitrogen functional groups attached to an aromatic ring is 1. The molecule has 0 amide bonds. The number of nitrogens with two attached hydrogens (primary N) is 1. The number of imidazole rings is 1. The van der Waals surface area contributed by atoms with Crippen molar-refractivity contribution >= 4 is 40.3 Å². The first kappa shape index (κ1) is 21.9. The number of methoxy groups -OCH3 is 2. The molecule has 1 fully saturated rings. The number of halogens is 1. The molecule has 4 aromatic rings. The van der Waals surface area contributed by atoms with Crippen molar-refractivity contribution < 1.29 is 9.47 Å². The summed E-state index contributed by atoms with van der Waals surface area (Å²) in [7, 11) is 3.30. The molecule has 7 nitrogen and oxygen atoms in total. The zero-order valence-corrected chi connectivity index (χ0v) is 19.9. The molecule has 2 aromatic carbocycles. The second-order valence-corrected chi connectivity index (χ2v) is 9.45. The van der Waals surface area contributed by atoms with E-state index in [9.17, 15) is 0 Å². The fraction of sp³-hybridized carbons (Fsp3) is 0.292. The van der Waals surface area contributed by atoms with Gasteiger partial charge in [-0.1, -0.05) is 30.2 Å². The highest BCUT2D eigenvalue weighted by Crippen LogP contribution is 2.46. The smallest absolute Gasteiger partial charge is 0.176 e. The fourth-order valence-corrected chi connectivity index (χ4v) is 5.42. The summed E-state index contributed by atoms with van der Waals surface area (Å²) < 4.78 is 13.3. The van der Waals surface area contributed by atoms with Gasteiger partial charge in [-0.15, -0.1) is 0 Å². The minimum Gasteiger partial charge on any atom is -0.497 e. The molecule has 0 radical (unpaired) electrons. The lowest BCUT2D eigenvalue weighted by Gasteiger charge is -2.35. The van der Waals surface area contributed by atoms with Gasteiger partial charge < -0.3 is 15.2 Å². The van der Waals surface area contributed by atoms with Gasteiger partial charge in [0, 0.05) is 5.02 Å². The first-order valence-corrected chi connectivity index (χ1v) is 11.9. The Morgan fingerprint density at radius 3 is 2.55 bits per heavy atom. The lowest BCUT2D eigenvalue weighted by Crippen LogP contribution is -2.27. The van der Waals surface area contributed by atoms with Gasteiger partial charge in [-0.25, -0.2) is 15.0 Å². The number of aromatic nitrogens is 4. The van der Waals surface area contributed by atoms with Crippen LogP contribution in [-0.2, 0) is 0 Å². The van der Waals surface area contributed by atoms with E-state index in [0.29, 0.717) is 22.3 Å². The molecule has 2 heterocycles. The van der Waals surface area contributed by atoms with Gasteiger partial charge in [0.25, 0.3) is 0 Å². The zero-order chi connectivity index (χ0) is 22.9. The van der Waals surface area contributed by atoms with Gasteiger partial charge in [0.2, 0.25) is 0 Å². The molecule has 0 bridgehead atoms. The van der Waals surface area contributed by atoms with Gasteiger partial charge in [0.15, 0.2) is 22.1 Å². The van der Waals surface area contributed by atoms with Crippen LogP contribution in [0.25, 0.3) is 11.2 Å². The monoisotopic (exact) mass is 481 g/mol. The zero-order valence-electron chi connectivity index (χ0n) is 18.4. The van der Waals surface area contributed by atoms with Crippen molar-refractivity contribution in [2.75, 3.05) is 20.0 Å². The minimum absolute atomic E-state index is 0.0504. The number of anilines is 1. The van der Waals surface area contributed by atoms with Crippen molar-refractivity contribution in [3.8, 4) is 11.5 Å². The minimum atomic E-state index is 0.0504. The van der Waals surface area contributed by atoms with Crippen molar-refractivity contribution in [3.05, 3.63) is 59.4 Å². The van der Waals surface area contributed by atoms with Crippen LogP contribution in [0, 0.1) is 5.92 Å². The number of fused-ring (bicyclic) bond motifs is 1. The van der Waals surface area contributed by atoms with Crippen LogP contribution < -0.4 is 15.2 Å². The lowest BCUT2D eigenvalue weighted by molar-refractivity contribution is 0.232. The molecule has 1 aliphatic carbocycles. The van der Waals surface area contributed by atoms with E-state index in [1.165, 1.54) is 30.1 Å². The fourth-order valence-electron chi connectivity index (χ4n) is 4.24. The van der Waals surface area contributed by atoms with E-state index >= 15 is 0 Å². The van der Waals surface area contributed by atoms with Gasteiger partial charge in [-0.3, -0.25) is 4.57 Å². The third-order valence-electron chi connectivity index (χ3n) is 6.13. The topological polar surface area (TPSA) is 88.1 Å². The first-order valence-electron chi connectivity index (χ1n) is 10.7. The summed E-state index contributed by atoms with van der Waals surface area (Å²) >= 11 is 7.70. The Morgan fingerprint density at radius 2 is 1.88 bits per heavy atom. The van der Waals surface area contributed by atoms with Gasteiger partial charge >= 0.3 is 0 Å². The van der Waals surface area contributed by atoms with E-state index < -0.39 is 0 Å². The summed E-state index contributed by atoms with van der Waals surface area (Å²) in [5.74, 6) is 2.31. The van der Waals surface area contributed by atoms with Crippen molar-refractivity contribution in [2.45, 2.75) is 35.4 Å². The molecule has 2 N–H and O–H groups in total. The standard InChI is InChI=1S/C24H24ClN5O2S/c1-31-17-10-11-18(32-2)19(12-17)33-24-29-20-22(26)27-13-28-23(20)30(24)21(14-4-3-5-14)15-6-8-16(25)9-7-15/h6-14,21H,3-5H2,1-2H3,(H2,26,27,28). The SMILES string of the molecule is COc1ccc(OC)c(Sc2nc3c(N)ncnc3n2C(c2ccc(Cl)cc2)C2CCC2)c1. The van der Waals surface area contributed by atoms with Gasteiger partial charge in [0.05, 0.1) is 25.2 Å². The maximum Gasteiger partial charge on any atom is 0.176 e. The molecule has 1 saturated carbocycles. The van der Waals surface area contributed by atoms with Crippen molar-refractivity contribution in [3.63, 3.8) is 0 Å². The molecule has 1 aliphatic rings. The Kier molecular flexibility index (Phi) is 6.03. The largest absolute Gasteiger partial charge is 0.497 e. The average Bonchev–Trinajstić information content (AvgIpc) is 3.15. The number of rotatable bonds is 7. The van der Waals surface area contributed by atoms with Crippen LogP contribution in [0.2, 0.25) is 5.02 Å². The van der Waals surface area contributed by atoms with Crippen molar-refractivity contribution in [2.24, 2.45) is 5.92 Å². The van der Waals surface area contributed by atoms with Gasteiger partial charge in [-0.2, -0.15) is 0 Å². The Bertz CT molecular complexity index is 1290. The molecular weight excluding hydrogens is 458 g/mol. The van der Waals surface area contributed by atoms with E-state index in [1.54, 1.807) is 14.2 Å². The Labute approximate surface area is 201 Å². The summed E-state index contributed by atoms with van der Waals surface area (Å²) in [6.45, 7) is 0. The lowest BCUT2D eigenvalue weighted by atomic mass is 9.77. The van der Waals surface area contributed by atoms with Crippen LogP contribution in [0.15, 0.2) is 58.8 Å². The number of ether oxygens (including phenoxy) is 2. The Balaban J connectivity index is 1.70. The maximum atomic E-state index is 6.22. The number of hydrogen-bond donors (Lipinski definition) is 1. The molecule has 0 spiro atoms. The van der Waals surface area contributed by atoms with Crippen LogP contribution >= 0.6 is 23.4 Å². The highest BCUT2D eigenvalue weighted by Gasteiger charge is 2.34. The van der Waals surface area contributed by atoms with Crippen LogP contribution in [0.4, 0.5) is 5.82 Å². The third-order valence-corrected chi connectivity index (χ3v) is 7.39. The normalized spacial score (nSPS) is 14.8. The average molecular weight is 482 g/mol. The number of nitrogens with zero attached hydrogens (tertiary/aromatic N) is 4. The van der Waals surface area contributed by atoms with Crippen molar-refractivity contribution in [1.82, 2.24) is 19.5 Å². The summed E-state index contributed by atoms with van der Waals surface area (Å²) in [6.07, 6.45) is 4.99. The van der Waals surface area contributed by atoms with E-state index in [1.807, 2.05) is 30.3 Å². The van der Waals surface area contributed by atoms with Gasteiger partial charge in [-0.05, 0) is 66.4 Å². The van der Waals surface area contributed by atoms with E-state index in [2.05, 4.69) is 26.7 Å². The maximum absolute atomic E-state index is 6.22. The summed E-state index contributed by atoms with van der Waals surface area (Å²) in [6, 6.07) is 13.8. The highest BCUT2D eigenvalue weighted by atomic mass is 35.5. The molecule has 9 heteroatoms. The van der Waals surface area contributed by atoms with Crippen LogP contribution in [-0.4, -0.2) is 33.7 Å².